The van der Waals surface area contributed by atoms with E-state index in [0.29, 0.717) is 0 Å². The van der Waals surface area contributed by atoms with Crippen molar-refractivity contribution < 1.29 is 14.7 Å². The molecule has 4 nitrogen and oxygen atoms in total. The Kier molecular flexibility index (Phi) is 2.19. The average Bonchev–Trinajstić information content (AvgIpc) is 2.30. The van der Waals surface area contributed by atoms with Crippen LogP contribution in [0.1, 0.15) is 27.8 Å². The van der Waals surface area contributed by atoms with E-state index in [-0.39, 0.29) is 22.1 Å². The van der Waals surface area contributed by atoms with Crippen molar-refractivity contribution in [1.82, 2.24) is 4.98 Å². The molecule has 0 aliphatic heterocycles. The number of H-pyrrole nitrogens is 1. The van der Waals surface area contributed by atoms with Gasteiger partial charge in [0, 0.05) is 6.20 Å². The number of hydrogen-bond acceptors (Lipinski definition) is 2. The first kappa shape index (κ1) is 8.80. The van der Waals surface area contributed by atoms with Crippen LogP contribution in [0.2, 0.25) is 5.02 Å². The Balaban J connectivity index is 3.22. The highest BCUT2D eigenvalue weighted by molar-refractivity contribution is 6.36. The van der Waals surface area contributed by atoms with Gasteiger partial charge in [-0.2, -0.15) is 0 Å². The Morgan fingerprint density at radius 1 is 1.58 bits per heavy atom. The molecule has 0 unspecified atom stereocenters. The molecule has 5 heteroatoms. The zero-order valence-corrected chi connectivity index (χ0v) is 6.97. The largest absolute Gasteiger partial charge is 0.477 e. The van der Waals surface area contributed by atoms with Gasteiger partial charge in [0.2, 0.25) is 0 Å². The molecular formula is C7H6ClNO3. The fourth-order valence-electron chi connectivity index (χ4n) is 0.818. The summed E-state index contributed by atoms with van der Waals surface area (Å²) < 4.78 is 0. The van der Waals surface area contributed by atoms with Gasteiger partial charge >= 0.3 is 5.97 Å². The van der Waals surface area contributed by atoms with Crippen LogP contribution in [0.25, 0.3) is 0 Å². The number of carboxylic acids is 1. The molecule has 0 spiro atoms. The second kappa shape index (κ2) is 2.98. The van der Waals surface area contributed by atoms with E-state index in [1.165, 1.54) is 13.1 Å². The number of carbonyl (C=O) groups is 2. The zero-order chi connectivity index (χ0) is 9.30. The minimum absolute atomic E-state index is 0.0324. The predicted octanol–water partition coefficient (Wildman–Crippen LogP) is 1.57. The Labute approximate surface area is 73.2 Å². The van der Waals surface area contributed by atoms with Crippen molar-refractivity contribution in [3.8, 4) is 0 Å². The van der Waals surface area contributed by atoms with E-state index in [4.69, 9.17) is 16.7 Å². The summed E-state index contributed by atoms with van der Waals surface area (Å²) in [6, 6.07) is 0. The molecule has 0 saturated carbocycles. The van der Waals surface area contributed by atoms with Crippen molar-refractivity contribution in [3.05, 3.63) is 22.5 Å². The number of hydrogen-bond donors (Lipinski definition) is 2. The van der Waals surface area contributed by atoms with Crippen LogP contribution < -0.4 is 0 Å². The molecule has 0 aromatic carbocycles. The third kappa shape index (κ3) is 1.33. The zero-order valence-electron chi connectivity index (χ0n) is 6.22. The Hall–Kier alpha value is -1.29. The lowest BCUT2D eigenvalue weighted by Crippen LogP contribution is -1.97. The third-order valence-electron chi connectivity index (χ3n) is 1.41. The summed E-state index contributed by atoms with van der Waals surface area (Å²) in [6.07, 6.45) is 1.29. The lowest BCUT2D eigenvalue weighted by molar-refractivity contribution is 0.0691. The Morgan fingerprint density at radius 2 is 2.17 bits per heavy atom. The second-order valence-corrected chi connectivity index (χ2v) is 2.63. The van der Waals surface area contributed by atoms with Gasteiger partial charge in [0.1, 0.15) is 5.69 Å². The molecule has 64 valence electrons. The van der Waals surface area contributed by atoms with E-state index in [9.17, 15) is 9.59 Å². The van der Waals surface area contributed by atoms with Gasteiger partial charge in [-0.05, 0) is 6.92 Å². The molecule has 0 saturated heterocycles. The number of carboxylic acid groups (broad SMARTS) is 1. The molecular weight excluding hydrogens is 182 g/mol. The summed E-state index contributed by atoms with van der Waals surface area (Å²) in [5.41, 5.74) is 0.0518. The van der Waals surface area contributed by atoms with Crippen molar-refractivity contribution in [3.63, 3.8) is 0 Å². The molecule has 0 bridgehead atoms. The van der Waals surface area contributed by atoms with Crippen LogP contribution in [0.15, 0.2) is 6.20 Å². The summed E-state index contributed by atoms with van der Waals surface area (Å²) >= 11 is 5.58. The van der Waals surface area contributed by atoms with Crippen molar-refractivity contribution in [2.45, 2.75) is 6.92 Å². The molecule has 0 fully saturated rings. The maximum absolute atomic E-state index is 10.8. The van der Waals surface area contributed by atoms with Crippen molar-refractivity contribution >= 4 is 23.4 Å². The quantitative estimate of drug-likeness (QED) is 0.691. The number of ketones is 1. The number of halogens is 1. The summed E-state index contributed by atoms with van der Waals surface area (Å²) in [5.74, 6) is -1.43. The highest BCUT2D eigenvalue weighted by Gasteiger charge is 2.16. The first-order valence-corrected chi connectivity index (χ1v) is 3.53. The molecule has 0 radical (unpaired) electrons. The molecule has 12 heavy (non-hydrogen) atoms. The molecule has 1 aromatic rings. The van der Waals surface area contributed by atoms with Crippen molar-refractivity contribution in [2.75, 3.05) is 0 Å². The average molecular weight is 188 g/mol. The van der Waals surface area contributed by atoms with E-state index >= 15 is 0 Å². The van der Waals surface area contributed by atoms with Crippen LogP contribution in [0, 0.1) is 0 Å². The molecule has 1 aromatic heterocycles. The lowest BCUT2D eigenvalue weighted by Gasteiger charge is -1.90. The SMILES string of the molecule is CC(=O)c1c[nH]c(C(=O)O)c1Cl. The molecule has 1 heterocycles. The fourth-order valence-corrected chi connectivity index (χ4v) is 1.14. The second-order valence-electron chi connectivity index (χ2n) is 2.25. The van der Waals surface area contributed by atoms with E-state index < -0.39 is 5.97 Å². The first-order chi connectivity index (χ1) is 5.54. The van der Waals surface area contributed by atoms with Gasteiger partial charge in [0.05, 0.1) is 10.6 Å². The number of nitrogens with one attached hydrogen (secondary N) is 1. The summed E-state index contributed by atoms with van der Waals surface area (Å²) in [7, 11) is 0. The topological polar surface area (TPSA) is 70.2 Å². The number of carbonyl (C=O) groups excluding carboxylic acids is 1. The van der Waals surface area contributed by atoms with Crippen LogP contribution in [-0.4, -0.2) is 21.8 Å². The molecule has 2 N–H and O–H groups in total. The number of rotatable bonds is 2. The van der Waals surface area contributed by atoms with Gasteiger partial charge in [-0.15, -0.1) is 0 Å². The van der Waals surface area contributed by atoms with Gasteiger partial charge in [-0.3, -0.25) is 4.79 Å². The minimum Gasteiger partial charge on any atom is -0.477 e. The third-order valence-corrected chi connectivity index (χ3v) is 1.80. The maximum atomic E-state index is 10.8. The molecule has 1 rings (SSSR count). The van der Waals surface area contributed by atoms with Gasteiger partial charge in [-0.25, -0.2) is 4.79 Å². The van der Waals surface area contributed by atoms with Gasteiger partial charge in [0.15, 0.2) is 5.78 Å². The van der Waals surface area contributed by atoms with Gasteiger partial charge < -0.3 is 10.1 Å². The Morgan fingerprint density at radius 3 is 2.42 bits per heavy atom. The monoisotopic (exact) mass is 187 g/mol. The summed E-state index contributed by atoms with van der Waals surface area (Å²) in [5, 5.41) is 8.50. The highest BCUT2D eigenvalue weighted by atomic mass is 35.5. The number of aromatic nitrogens is 1. The normalized spacial score (nSPS) is 9.83. The first-order valence-electron chi connectivity index (χ1n) is 3.15. The maximum Gasteiger partial charge on any atom is 0.353 e. The van der Waals surface area contributed by atoms with Crippen LogP contribution in [-0.2, 0) is 0 Å². The lowest BCUT2D eigenvalue weighted by atomic mass is 10.2. The summed E-state index contributed by atoms with van der Waals surface area (Å²) in [4.78, 5) is 23.6. The van der Waals surface area contributed by atoms with Crippen LogP contribution in [0.5, 0.6) is 0 Å². The molecule has 0 amide bonds. The number of aromatic carboxylic acids is 1. The number of Topliss-reactive ketones (excluding diaryl/α,β-unsaturated/α-hetero) is 1. The summed E-state index contributed by atoms with van der Waals surface area (Å²) in [6.45, 7) is 1.32. The highest BCUT2D eigenvalue weighted by Crippen LogP contribution is 2.20. The molecule has 0 aliphatic carbocycles. The molecule has 0 aliphatic rings. The van der Waals surface area contributed by atoms with E-state index in [1.54, 1.807) is 0 Å². The van der Waals surface area contributed by atoms with Gasteiger partial charge in [-0.1, -0.05) is 11.6 Å². The number of aromatic amines is 1. The van der Waals surface area contributed by atoms with Crippen LogP contribution in [0.3, 0.4) is 0 Å². The van der Waals surface area contributed by atoms with Gasteiger partial charge in [0.25, 0.3) is 0 Å². The van der Waals surface area contributed by atoms with Crippen molar-refractivity contribution in [2.24, 2.45) is 0 Å². The fraction of sp³-hybridized carbons (Fsp3) is 0.143. The predicted molar refractivity (Wildman–Crippen MR) is 42.8 cm³/mol. The van der Waals surface area contributed by atoms with E-state index in [2.05, 4.69) is 4.98 Å². The van der Waals surface area contributed by atoms with Crippen LogP contribution >= 0.6 is 11.6 Å². The minimum atomic E-state index is -1.17. The molecule has 0 atom stereocenters. The van der Waals surface area contributed by atoms with Crippen molar-refractivity contribution in [1.29, 1.82) is 0 Å². The van der Waals surface area contributed by atoms with E-state index in [0.717, 1.165) is 0 Å². The van der Waals surface area contributed by atoms with Crippen LogP contribution in [0.4, 0.5) is 0 Å². The Bertz CT molecular complexity index is 311. The van der Waals surface area contributed by atoms with E-state index in [1.807, 2.05) is 0 Å². The standard InChI is InChI=1S/C7H6ClNO3/c1-3(10)4-2-9-6(5(4)8)7(11)12/h2,9H,1H3,(H,11,12). The smallest absolute Gasteiger partial charge is 0.353 e.